The molecule has 10 nitrogen and oxygen atoms in total. The van der Waals surface area contributed by atoms with Crippen LogP contribution >= 0.6 is 0 Å². The number of carbonyl (C=O) groups excluding carboxylic acids is 1. The second-order valence-corrected chi connectivity index (χ2v) is 9.03. The van der Waals surface area contributed by atoms with E-state index in [0.29, 0.717) is 47.4 Å². The number of benzene rings is 2. The normalized spacial score (nSPS) is 13.4. The molecule has 0 saturated heterocycles. The molecule has 0 saturated carbocycles. The van der Waals surface area contributed by atoms with Crippen molar-refractivity contribution in [3.05, 3.63) is 53.7 Å². The summed E-state index contributed by atoms with van der Waals surface area (Å²) in [6.07, 6.45) is 0.586. The van der Waals surface area contributed by atoms with Crippen molar-refractivity contribution in [2.24, 2.45) is 0 Å². The number of aromatic nitrogens is 2. The third-order valence-corrected chi connectivity index (χ3v) is 6.54. The fraction of sp³-hybridized carbons (Fsp3) is 0.318. The molecular formula is C22H24N4O6S. The zero-order valence-electron chi connectivity index (χ0n) is 18.5. The highest BCUT2D eigenvalue weighted by molar-refractivity contribution is 7.92. The summed E-state index contributed by atoms with van der Waals surface area (Å²) in [7, 11) is -3.91. The van der Waals surface area contributed by atoms with Crippen LogP contribution < -0.4 is 19.1 Å². The molecule has 0 fully saturated rings. The van der Waals surface area contributed by atoms with Crippen LogP contribution in [0.3, 0.4) is 0 Å². The lowest BCUT2D eigenvalue weighted by Gasteiger charge is -2.29. The van der Waals surface area contributed by atoms with Gasteiger partial charge in [0.05, 0.1) is 23.7 Å². The molecule has 33 heavy (non-hydrogen) atoms. The topological polar surface area (TPSA) is 124 Å². The van der Waals surface area contributed by atoms with Crippen LogP contribution in [0.15, 0.2) is 45.8 Å². The molecule has 174 valence electrons. The molecule has 1 aliphatic rings. The summed E-state index contributed by atoms with van der Waals surface area (Å²) in [6.45, 7) is 5.81. The third-order valence-electron chi connectivity index (χ3n) is 5.02. The maximum Gasteiger partial charge on any atom is 0.265 e. The van der Waals surface area contributed by atoms with E-state index in [4.69, 9.17) is 14.0 Å². The van der Waals surface area contributed by atoms with E-state index in [2.05, 4.69) is 14.9 Å². The van der Waals surface area contributed by atoms with Crippen LogP contribution in [0, 0.1) is 6.92 Å². The highest BCUT2D eigenvalue weighted by Gasteiger charge is 2.30. The predicted octanol–water partition coefficient (Wildman–Crippen LogP) is 3.07. The van der Waals surface area contributed by atoms with Gasteiger partial charge in [-0.25, -0.2) is 8.42 Å². The first-order valence-corrected chi connectivity index (χ1v) is 11.9. The lowest BCUT2D eigenvalue weighted by molar-refractivity contribution is -0.121. The van der Waals surface area contributed by atoms with Crippen molar-refractivity contribution in [1.29, 1.82) is 0 Å². The summed E-state index contributed by atoms with van der Waals surface area (Å²) >= 11 is 0. The van der Waals surface area contributed by atoms with E-state index in [9.17, 15) is 13.2 Å². The lowest BCUT2D eigenvalue weighted by Crippen LogP contribution is -2.38. The fourth-order valence-corrected chi connectivity index (χ4v) is 4.73. The Morgan fingerprint density at radius 1 is 1.18 bits per heavy atom. The van der Waals surface area contributed by atoms with Gasteiger partial charge in [-0.1, -0.05) is 12.1 Å². The zero-order chi connectivity index (χ0) is 23.6. The Balaban J connectivity index is 1.61. The summed E-state index contributed by atoms with van der Waals surface area (Å²) < 4.78 is 44.8. The quantitative estimate of drug-likeness (QED) is 0.530. The molecule has 0 unspecified atom stereocenters. The van der Waals surface area contributed by atoms with Crippen molar-refractivity contribution in [2.75, 3.05) is 22.8 Å². The number of sulfonamides is 1. The number of nitrogens with one attached hydrogen (secondary N) is 1. The van der Waals surface area contributed by atoms with Crippen molar-refractivity contribution in [3.63, 3.8) is 0 Å². The van der Waals surface area contributed by atoms with Crippen LogP contribution in [0.1, 0.15) is 31.1 Å². The summed E-state index contributed by atoms with van der Waals surface area (Å²) in [4.78, 5) is 18.3. The van der Waals surface area contributed by atoms with Crippen LogP contribution in [0.25, 0.3) is 0 Å². The van der Waals surface area contributed by atoms with E-state index in [1.54, 1.807) is 37.3 Å². The molecule has 1 aromatic heterocycles. The van der Waals surface area contributed by atoms with Gasteiger partial charge in [-0.15, -0.1) is 0 Å². The molecule has 11 heteroatoms. The first-order valence-electron chi connectivity index (χ1n) is 10.5. The maximum absolute atomic E-state index is 13.1. The Hall–Kier alpha value is -3.60. The van der Waals surface area contributed by atoms with Gasteiger partial charge in [-0.05, 0) is 49.7 Å². The van der Waals surface area contributed by atoms with Crippen molar-refractivity contribution in [2.45, 2.75) is 38.6 Å². The Kier molecular flexibility index (Phi) is 6.23. The average molecular weight is 473 g/mol. The van der Waals surface area contributed by atoms with E-state index in [0.717, 1.165) is 0 Å². The zero-order valence-corrected chi connectivity index (χ0v) is 19.3. The van der Waals surface area contributed by atoms with Gasteiger partial charge >= 0.3 is 0 Å². The largest absolute Gasteiger partial charge is 0.494 e. The molecule has 0 aliphatic carbocycles. The number of aryl methyl sites for hydroxylation is 2. The van der Waals surface area contributed by atoms with Gasteiger partial charge in [0.15, 0.2) is 12.4 Å². The smallest absolute Gasteiger partial charge is 0.265 e. The molecule has 2 aromatic carbocycles. The number of nitrogens with zero attached hydrogens (tertiary/aromatic N) is 3. The number of fused-ring (bicyclic) bond motifs is 1. The van der Waals surface area contributed by atoms with Gasteiger partial charge in [0.1, 0.15) is 11.5 Å². The Morgan fingerprint density at radius 2 is 1.94 bits per heavy atom. The van der Waals surface area contributed by atoms with Gasteiger partial charge < -0.3 is 14.0 Å². The van der Waals surface area contributed by atoms with Crippen molar-refractivity contribution < 1.29 is 27.2 Å². The van der Waals surface area contributed by atoms with E-state index in [-0.39, 0.29) is 29.7 Å². The third kappa shape index (κ3) is 4.77. The minimum Gasteiger partial charge on any atom is -0.494 e. The lowest BCUT2D eigenvalue weighted by atomic mass is 10.1. The van der Waals surface area contributed by atoms with Crippen molar-refractivity contribution in [3.8, 4) is 11.5 Å². The van der Waals surface area contributed by atoms with Gasteiger partial charge in [0.2, 0.25) is 5.89 Å². The second-order valence-electron chi connectivity index (χ2n) is 7.37. The monoisotopic (exact) mass is 472 g/mol. The number of amides is 1. The molecule has 3 aromatic rings. The average Bonchev–Trinajstić information content (AvgIpc) is 3.24. The number of hydrogen-bond donors (Lipinski definition) is 1. The minimum atomic E-state index is -3.91. The van der Waals surface area contributed by atoms with Crippen molar-refractivity contribution in [1.82, 2.24) is 10.1 Å². The number of hydrogen-bond acceptors (Lipinski definition) is 8. The van der Waals surface area contributed by atoms with Crippen LogP contribution in [-0.4, -0.2) is 37.7 Å². The van der Waals surface area contributed by atoms with Gasteiger partial charge in [0.25, 0.3) is 15.9 Å². The standard InChI is InChI=1S/C22H24N4O6S/c1-4-21-23-20(24-32-21)12-26-17-10-14(3)19(11-18(17)31-13-22(26)27)33(28,29)25-15-6-8-16(9-7-15)30-5-2/h6-11,25H,4-5,12-13H2,1-3H3. The number of carbonyl (C=O) groups is 1. The van der Waals surface area contributed by atoms with Crippen molar-refractivity contribution >= 4 is 27.3 Å². The summed E-state index contributed by atoms with van der Waals surface area (Å²) in [5, 5.41) is 3.90. The number of ether oxygens (including phenoxy) is 2. The Morgan fingerprint density at radius 3 is 2.61 bits per heavy atom. The minimum absolute atomic E-state index is 0.0530. The van der Waals surface area contributed by atoms with Crippen LogP contribution in [0.5, 0.6) is 11.5 Å². The summed E-state index contributed by atoms with van der Waals surface area (Å²) in [6, 6.07) is 9.67. The molecule has 0 atom stereocenters. The Bertz CT molecular complexity index is 1270. The first-order chi connectivity index (χ1) is 15.8. The molecule has 1 amide bonds. The highest BCUT2D eigenvalue weighted by Crippen LogP contribution is 2.37. The van der Waals surface area contributed by atoms with Crippen LogP contribution in [-0.2, 0) is 27.8 Å². The molecular weight excluding hydrogens is 448 g/mol. The van der Waals surface area contributed by atoms with E-state index >= 15 is 0 Å². The predicted molar refractivity (Wildman–Crippen MR) is 120 cm³/mol. The summed E-state index contributed by atoms with van der Waals surface area (Å²) in [5.41, 5.74) is 1.31. The fourth-order valence-electron chi connectivity index (χ4n) is 3.43. The molecule has 0 bridgehead atoms. The Labute approximate surface area is 191 Å². The number of rotatable bonds is 8. The molecule has 4 rings (SSSR count). The SMILES string of the molecule is CCOc1ccc(NS(=O)(=O)c2cc3c(cc2C)N(Cc2noc(CC)n2)C(=O)CO3)cc1. The maximum atomic E-state index is 13.1. The van der Waals surface area contributed by atoms with E-state index in [1.165, 1.54) is 11.0 Å². The first kappa shape index (κ1) is 22.6. The molecule has 2 heterocycles. The number of anilines is 2. The summed E-state index contributed by atoms with van der Waals surface area (Å²) in [5.74, 6) is 1.49. The van der Waals surface area contributed by atoms with Crippen LogP contribution in [0.2, 0.25) is 0 Å². The second kappa shape index (κ2) is 9.10. The van der Waals surface area contributed by atoms with E-state index < -0.39 is 10.0 Å². The van der Waals surface area contributed by atoms with E-state index in [1.807, 2.05) is 13.8 Å². The molecule has 1 N–H and O–H groups in total. The molecule has 1 aliphatic heterocycles. The molecule has 0 spiro atoms. The molecule has 0 radical (unpaired) electrons. The van der Waals surface area contributed by atoms with Gasteiger partial charge in [0, 0.05) is 18.2 Å². The van der Waals surface area contributed by atoms with Gasteiger partial charge in [-0.2, -0.15) is 4.98 Å². The van der Waals surface area contributed by atoms with Crippen LogP contribution in [0.4, 0.5) is 11.4 Å². The highest BCUT2D eigenvalue weighted by atomic mass is 32.2. The van der Waals surface area contributed by atoms with Gasteiger partial charge in [-0.3, -0.25) is 14.4 Å².